The van der Waals surface area contributed by atoms with Crippen molar-refractivity contribution in [3.63, 3.8) is 0 Å². The van der Waals surface area contributed by atoms with Crippen LogP contribution < -0.4 is 10.6 Å². The van der Waals surface area contributed by atoms with E-state index < -0.39 is 46.6 Å². The number of rotatable bonds is 15. The standard InChI is InChI=1S/C34H40N4O6S2/c1-24(2)19-20-38(46(42,43)27-17-11-6-12-18-27)28(23-39)29-21-35-30(45-29)22-36-33(40)32(37-34(41)44-3)31(25-13-7-4-8-14-25)26-15-9-5-10-16-26/h4-18,21,24,28,31-32,39H,19-20,22-23H2,1-3H3,(H,36,40)(H,37,41). The van der Waals surface area contributed by atoms with Crippen molar-refractivity contribution in [3.05, 3.63) is 118 Å². The number of ether oxygens (including phenoxy) is 1. The van der Waals surface area contributed by atoms with Crippen LogP contribution in [0.3, 0.4) is 0 Å². The number of sulfonamides is 1. The highest BCUT2D eigenvalue weighted by atomic mass is 32.2. The largest absolute Gasteiger partial charge is 0.453 e. The van der Waals surface area contributed by atoms with Gasteiger partial charge in [-0.05, 0) is 35.6 Å². The van der Waals surface area contributed by atoms with E-state index in [9.17, 15) is 23.1 Å². The van der Waals surface area contributed by atoms with E-state index in [-0.39, 0.29) is 23.9 Å². The molecule has 46 heavy (non-hydrogen) atoms. The lowest BCUT2D eigenvalue weighted by Crippen LogP contribution is -2.50. The number of amides is 2. The molecular weight excluding hydrogens is 625 g/mol. The SMILES string of the molecule is COC(=O)NC(C(=O)NCc1ncc(C(CO)N(CCC(C)C)S(=O)(=O)c2ccccc2)s1)C(c1ccccc1)c1ccccc1. The van der Waals surface area contributed by atoms with Gasteiger partial charge in [-0.15, -0.1) is 11.3 Å². The zero-order chi connectivity index (χ0) is 33.1. The second-order valence-corrected chi connectivity index (χ2v) is 14.1. The lowest BCUT2D eigenvalue weighted by molar-refractivity contribution is -0.123. The highest BCUT2D eigenvalue weighted by Gasteiger charge is 2.35. The zero-order valence-corrected chi connectivity index (χ0v) is 27.7. The van der Waals surface area contributed by atoms with Crippen molar-refractivity contribution in [2.24, 2.45) is 5.92 Å². The van der Waals surface area contributed by atoms with Gasteiger partial charge in [0.1, 0.15) is 11.0 Å². The van der Waals surface area contributed by atoms with Gasteiger partial charge >= 0.3 is 6.09 Å². The lowest BCUT2D eigenvalue weighted by atomic mass is 9.84. The van der Waals surface area contributed by atoms with Gasteiger partial charge in [-0.3, -0.25) is 4.79 Å². The van der Waals surface area contributed by atoms with Crippen LogP contribution in [0.1, 0.15) is 53.2 Å². The Bertz CT molecular complexity index is 1610. The molecule has 0 aliphatic heterocycles. The van der Waals surface area contributed by atoms with Gasteiger partial charge < -0.3 is 20.5 Å². The van der Waals surface area contributed by atoms with E-state index in [0.29, 0.717) is 16.3 Å². The number of hydrogen-bond donors (Lipinski definition) is 3. The Morgan fingerprint density at radius 2 is 1.50 bits per heavy atom. The molecule has 3 N–H and O–H groups in total. The molecule has 0 saturated heterocycles. The summed E-state index contributed by atoms with van der Waals surface area (Å²) in [4.78, 5) is 31.3. The van der Waals surface area contributed by atoms with Gasteiger partial charge in [0.2, 0.25) is 15.9 Å². The molecule has 4 aromatic rings. The fraction of sp³-hybridized carbons (Fsp3) is 0.324. The molecule has 0 radical (unpaired) electrons. The zero-order valence-electron chi connectivity index (χ0n) is 26.1. The van der Waals surface area contributed by atoms with Crippen molar-refractivity contribution in [1.29, 1.82) is 0 Å². The van der Waals surface area contributed by atoms with Gasteiger partial charge in [0.25, 0.3) is 0 Å². The van der Waals surface area contributed by atoms with Crippen LogP contribution in [0.2, 0.25) is 0 Å². The third-order valence-corrected chi connectivity index (χ3v) is 10.5. The van der Waals surface area contributed by atoms with Gasteiger partial charge in [0.15, 0.2) is 0 Å². The third kappa shape index (κ3) is 8.79. The molecule has 1 aromatic heterocycles. The summed E-state index contributed by atoms with van der Waals surface area (Å²) in [6.07, 6.45) is 1.39. The number of hydrogen-bond acceptors (Lipinski definition) is 8. The number of thiazole rings is 1. The summed E-state index contributed by atoms with van der Waals surface area (Å²) >= 11 is 1.21. The first-order valence-electron chi connectivity index (χ1n) is 15.0. The van der Waals surface area contributed by atoms with Gasteiger partial charge in [-0.1, -0.05) is 92.7 Å². The van der Waals surface area contributed by atoms with Crippen molar-refractivity contribution >= 4 is 33.4 Å². The maximum atomic E-state index is 13.8. The molecule has 12 heteroatoms. The molecule has 2 unspecified atom stereocenters. The molecule has 0 aliphatic carbocycles. The highest BCUT2D eigenvalue weighted by Crippen LogP contribution is 2.32. The molecule has 2 amide bonds. The summed E-state index contributed by atoms with van der Waals surface area (Å²) in [7, 11) is -2.69. The molecular formula is C34H40N4O6S2. The number of nitrogens with one attached hydrogen (secondary N) is 2. The maximum Gasteiger partial charge on any atom is 0.407 e. The molecule has 244 valence electrons. The summed E-state index contributed by atoms with van der Waals surface area (Å²) in [5, 5.41) is 16.6. The molecule has 0 bridgehead atoms. The van der Waals surface area contributed by atoms with E-state index in [0.717, 1.165) is 11.1 Å². The maximum absolute atomic E-state index is 13.8. The van der Waals surface area contributed by atoms with Crippen molar-refractivity contribution in [1.82, 2.24) is 19.9 Å². The average molecular weight is 665 g/mol. The summed E-state index contributed by atoms with van der Waals surface area (Å²) in [5.41, 5.74) is 1.65. The topological polar surface area (TPSA) is 138 Å². The average Bonchev–Trinajstić information content (AvgIpc) is 3.55. The first kappa shape index (κ1) is 34.8. The fourth-order valence-corrected chi connectivity index (χ4v) is 7.76. The number of aromatic nitrogens is 1. The Kier molecular flexibility index (Phi) is 12.4. The predicted molar refractivity (Wildman–Crippen MR) is 178 cm³/mol. The predicted octanol–water partition coefficient (Wildman–Crippen LogP) is 5.09. The molecule has 10 nitrogen and oxygen atoms in total. The van der Waals surface area contributed by atoms with Gasteiger partial charge in [-0.2, -0.15) is 4.31 Å². The summed E-state index contributed by atoms with van der Waals surface area (Å²) in [6.45, 7) is 3.81. The van der Waals surface area contributed by atoms with Gasteiger partial charge in [0.05, 0.1) is 31.2 Å². The van der Waals surface area contributed by atoms with Crippen LogP contribution in [-0.4, -0.2) is 61.1 Å². The number of carbonyl (C=O) groups is 2. The van der Waals surface area contributed by atoms with Crippen LogP contribution in [0, 0.1) is 5.92 Å². The minimum absolute atomic E-state index is 0.0225. The molecule has 0 spiro atoms. The number of alkyl carbamates (subject to hydrolysis) is 1. The molecule has 1 heterocycles. The van der Waals surface area contributed by atoms with Crippen molar-refractivity contribution in [3.8, 4) is 0 Å². The minimum atomic E-state index is -3.93. The minimum Gasteiger partial charge on any atom is -0.453 e. The van der Waals surface area contributed by atoms with Crippen LogP contribution in [0.5, 0.6) is 0 Å². The number of aliphatic hydroxyl groups excluding tert-OH is 1. The molecule has 4 rings (SSSR count). The summed E-state index contributed by atoms with van der Waals surface area (Å²) in [5.74, 6) is -0.740. The monoisotopic (exact) mass is 664 g/mol. The first-order valence-corrected chi connectivity index (χ1v) is 17.3. The quantitative estimate of drug-likeness (QED) is 0.161. The number of methoxy groups -OCH3 is 1. The van der Waals surface area contributed by atoms with Crippen molar-refractivity contribution in [2.45, 2.75) is 49.7 Å². The van der Waals surface area contributed by atoms with Crippen LogP contribution in [0.25, 0.3) is 0 Å². The van der Waals surface area contributed by atoms with Crippen molar-refractivity contribution in [2.75, 3.05) is 20.3 Å². The normalized spacial score (nSPS) is 13.0. The molecule has 2 atom stereocenters. The van der Waals surface area contributed by atoms with Crippen LogP contribution >= 0.6 is 11.3 Å². The fourth-order valence-electron chi connectivity index (χ4n) is 5.10. The second kappa shape index (κ2) is 16.5. The smallest absolute Gasteiger partial charge is 0.407 e. The molecule has 0 aliphatic rings. The number of nitrogens with zero attached hydrogens (tertiary/aromatic N) is 2. The van der Waals surface area contributed by atoms with Crippen LogP contribution in [-0.2, 0) is 26.1 Å². The summed E-state index contributed by atoms with van der Waals surface area (Å²) in [6, 6.07) is 25.1. The van der Waals surface area contributed by atoms with Gasteiger partial charge in [0, 0.05) is 23.5 Å². The first-order chi connectivity index (χ1) is 22.1. The molecule has 0 fully saturated rings. The Hall–Kier alpha value is -4.10. The van der Waals surface area contributed by atoms with E-state index in [2.05, 4.69) is 15.6 Å². The Balaban J connectivity index is 1.58. The van der Waals surface area contributed by atoms with E-state index in [4.69, 9.17) is 4.74 Å². The van der Waals surface area contributed by atoms with E-state index >= 15 is 0 Å². The molecule has 3 aromatic carbocycles. The highest BCUT2D eigenvalue weighted by molar-refractivity contribution is 7.89. The molecule has 0 saturated carbocycles. The number of carbonyl (C=O) groups excluding carboxylic acids is 2. The lowest BCUT2D eigenvalue weighted by Gasteiger charge is -2.29. The van der Waals surface area contributed by atoms with E-state index in [1.165, 1.54) is 41.1 Å². The van der Waals surface area contributed by atoms with E-state index in [1.54, 1.807) is 18.2 Å². The van der Waals surface area contributed by atoms with Crippen LogP contribution in [0.4, 0.5) is 4.79 Å². The van der Waals surface area contributed by atoms with Crippen molar-refractivity contribution < 1.29 is 27.9 Å². The van der Waals surface area contributed by atoms with Gasteiger partial charge in [-0.25, -0.2) is 18.2 Å². The number of benzene rings is 3. The number of aliphatic hydroxyl groups is 1. The Morgan fingerprint density at radius 3 is 2.02 bits per heavy atom. The van der Waals surface area contributed by atoms with Crippen LogP contribution in [0.15, 0.2) is 102 Å². The summed E-state index contributed by atoms with van der Waals surface area (Å²) < 4.78 is 33.6. The Labute approximate surface area is 274 Å². The Morgan fingerprint density at radius 1 is 0.935 bits per heavy atom. The second-order valence-electron chi connectivity index (χ2n) is 11.1. The third-order valence-electron chi connectivity index (χ3n) is 7.50. The van der Waals surface area contributed by atoms with E-state index in [1.807, 2.05) is 74.5 Å².